The monoisotopic (exact) mass is 226 g/mol. The minimum Gasteiger partial charge on any atom is -0.481 e. The van der Waals surface area contributed by atoms with Crippen LogP contribution in [0.5, 0.6) is 0 Å². The predicted octanol–water partition coefficient (Wildman–Crippen LogP) is 0.671. The van der Waals surface area contributed by atoms with Crippen LogP contribution in [0.2, 0.25) is 0 Å². The average molecular weight is 226 g/mol. The molecule has 0 bridgehead atoms. The zero-order chi connectivity index (χ0) is 12.1. The van der Waals surface area contributed by atoms with Gasteiger partial charge < -0.3 is 10.4 Å². The van der Waals surface area contributed by atoms with E-state index in [1.165, 1.54) is 13.0 Å². The normalized spacial score (nSPS) is 11.9. The maximum atomic E-state index is 12.4. The summed E-state index contributed by atoms with van der Waals surface area (Å²) in [4.78, 5) is 25.2. The summed E-state index contributed by atoms with van der Waals surface area (Å²) in [7, 11) is 0. The van der Waals surface area contributed by atoms with Crippen LogP contribution in [0.15, 0.2) is 18.3 Å². The average Bonchev–Trinajstić information content (AvgIpc) is 2.26. The molecule has 0 radical (unpaired) electrons. The summed E-state index contributed by atoms with van der Waals surface area (Å²) in [6, 6.07) is 2.35. The number of nitrogens with zero attached hydrogens (tertiary/aromatic N) is 1. The van der Waals surface area contributed by atoms with Gasteiger partial charge in [-0.2, -0.15) is 4.39 Å². The Morgan fingerprint density at radius 3 is 2.75 bits per heavy atom. The van der Waals surface area contributed by atoms with E-state index in [1.807, 2.05) is 0 Å². The van der Waals surface area contributed by atoms with E-state index < -0.39 is 23.7 Å². The number of hydrogen-bond donors (Lipinski definition) is 2. The Morgan fingerprint density at radius 1 is 1.56 bits per heavy atom. The minimum absolute atomic E-state index is 0.0194. The molecule has 0 saturated heterocycles. The van der Waals surface area contributed by atoms with E-state index in [9.17, 15) is 14.0 Å². The van der Waals surface area contributed by atoms with Crippen LogP contribution in [-0.2, 0) is 4.79 Å². The van der Waals surface area contributed by atoms with Crippen molar-refractivity contribution in [2.45, 2.75) is 6.92 Å². The molecular weight excluding hydrogens is 215 g/mol. The number of aromatic nitrogens is 1. The Hall–Kier alpha value is -1.98. The molecule has 6 heteroatoms. The molecule has 86 valence electrons. The number of carbonyl (C=O) groups is 2. The lowest BCUT2D eigenvalue weighted by molar-refractivity contribution is -0.140. The van der Waals surface area contributed by atoms with Crippen molar-refractivity contribution in [2.24, 2.45) is 5.92 Å². The van der Waals surface area contributed by atoms with Crippen LogP contribution >= 0.6 is 0 Å². The summed E-state index contributed by atoms with van der Waals surface area (Å²) in [6.07, 6.45) is 1.09. The summed E-state index contributed by atoms with van der Waals surface area (Å²) in [5, 5.41) is 11.0. The van der Waals surface area contributed by atoms with Gasteiger partial charge in [0.1, 0.15) is 0 Å². The van der Waals surface area contributed by atoms with Crippen LogP contribution in [0.3, 0.4) is 0 Å². The van der Waals surface area contributed by atoms with E-state index in [-0.39, 0.29) is 12.1 Å². The molecule has 5 nitrogen and oxygen atoms in total. The summed E-state index contributed by atoms with van der Waals surface area (Å²) >= 11 is 0. The van der Waals surface area contributed by atoms with Gasteiger partial charge in [0, 0.05) is 12.7 Å². The standard InChI is InChI=1S/C10H11FN2O3/c1-6(10(15)16)4-13-9(14)7-2-3-8(11)12-5-7/h2-3,5-6H,4H2,1H3,(H,13,14)(H,15,16). The Morgan fingerprint density at radius 2 is 2.25 bits per heavy atom. The first-order chi connectivity index (χ1) is 7.50. The molecule has 1 aromatic rings. The van der Waals surface area contributed by atoms with Gasteiger partial charge in [-0.05, 0) is 12.1 Å². The summed E-state index contributed by atoms with van der Waals surface area (Å²) in [5.74, 6) is -2.80. The van der Waals surface area contributed by atoms with Crippen molar-refractivity contribution in [1.82, 2.24) is 10.3 Å². The van der Waals surface area contributed by atoms with Gasteiger partial charge in [0.05, 0.1) is 11.5 Å². The highest BCUT2D eigenvalue weighted by Crippen LogP contribution is 1.99. The third-order valence-electron chi connectivity index (χ3n) is 1.98. The summed E-state index contributed by atoms with van der Waals surface area (Å²) in [5.41, 5.74) is 0.194. The first-order valence-corrected chi connectivity index (χ1v) is 4.63. The van der Waals surface area contributed by atoms with Crippen LogP contribution in [0.1, 0.15) is 17.3 Å². The molecule has 0 aromatic carbocycles. The van der Waals surface area contributed by atoms with Crippen molar-refractivity contribution < 1.29 is 19.1 Å². The minimum atomic E-state index is -0.988. The van der Waals surface area contributed by atoms with Crippen LogP contribution in [0, 0.1) is 11.9 Å². The van der Waals surface area contributed by atoms with E-state index in [1.54, 1.807) is 0 Å². The number of hydrogen-bond acceptors (Lipinski definition) is 3. The van der Waals surface area contributed by atoms with Crippen molar-refractivity contribution in [3.8, 4) is 0 Å². The highest BCUT2D eigenvalue weighted by Gasteiger charge is 2.13. The number of amides is 1. The smallest absolute Gasteiger partial charge is 0.308 e. The maximum Gasteiger partial charge on any atom is 0.308 e. The molecule has 1 aromatic heterocycles. The fraction of sp³-hybridized carbons (Fsp3) is 0.300. The van der Waals surface area contributed by atoms with Gasteiger partial charge in [-0.15, -0.1) is 0 Å². The largest absolute Gasteiger partial charge is 0.481 e. The number of nitrogens with one attached hydrogen (secondary N) is 1. The lowest BCUT2D eigenvalue weighted by Gasteiger charge is -2.07. The molecule has 0 aliphatic carbocycles. The maximum absolute atomic E-state index is 12.4. The quantitative estimate of drug-likeness (QED) is 0.739. The number of carboxylic acids is 1. The van der Waals surface area contributed by atoms with Crippen molar-refractivity contribution in [3.63, 3.8) is 0 Å². The number of carboxylic acid groups (broad SMARTS) is 1. The van der Waals surface area contributed by atoms with Crippen LogP contribution in [0.4, 0.5) is 4.39 Å². The fourth-order valence-corrected chi connectivity index (χ4v) is 0.945. The molecule has 1 heterocycles. The second-order valence-corrected chi connectivity index (χ2v) is 3.32. The molecule has 2 N–H and O–H groups in total. The van der Waals surface area contributed by atoms with Gasteiger partial charge in [-0.1, -0.05) is 6.92 Å². The molecule has 16 heavy (non-hydrogen) atoms. The van der Waals surface area contributed by atoms with Crippen LogP contribution < -0.4 is 5.32 Å². The molecule has 0 fully saturated rings. The third kappa shape index (κ3) is 3.30. The van der Waals surface area contributed by atoms with Crippen LogP contribution in [0.25, 0.3) is 0 Å². The topological polar surface area (TPSA) is 79.3 Å². The number of halogens is 1. The first kappa shape index (κ1) is 12.1. The Bertz CT molecular complexity index is 392. The molecule has 0 aliphatic heterocycles. The van der Waals surface area contributed by atoms with Gasteiger partial charge in [-0.25, -0.2) is 4.98 Å². The number of rotatable bonds is 4. The molecule has 0 saturated carbocycles. The first-order valence-electron chi connectivity index (χ1n) is 4.63. The van der Waals surface area contributed by atoms with Gasteiger partial charge in [0.2, 0.25) is 5.95 Å². The van der Waals surface area contributed by atoms with Gasteiger partial charge in [0.25, 0.3) is 5.91 Å². The Labute approximate surface area is 91.3 Å². The van der Waals surface area contributed by atoms with Gasteiger partial charge in [-0.3, -0.25) is 9.59 Å². The van der Waals surface area contributed by atoms with Gasteiger partial charge >= 0.3 is 5.97 Å². The molecule has 0 aliphatic rings. The Kier molecular flexibility index (Phi) is 3.93. The molecule has 1 atom stereocenters. The van der Waals surface area contributed by atoms with Crippen molar-refractivity contribution >= 4 is 11.9 Å². The van der Waals surface area contributed by atoms with Crippen LogP contribution in [-0.4, -0.2) is 28.5 Å². The van der Waals surface area contributed by atoms with Crippen molar-refractivity contribution in [2.75, 3.05) is 6.54 Å². The van der Waals surface area contributed by atoms with E-state index in [2.05, 4.69) is 10.3 Å². The SMILES string of the molecule is CC(CNC(=O)c1ccc(F)nc1)C(=O)O. The van der Waals surface area contributed by atoms with Crippen molar-refractivity contribution in [3.05, 3.63) is 29.8 Å². The number of carbonyl (C=O) groups excluding carboxylic acids is 1. The second kappa shape index (κ2) is 5.20. The molecule has 0 spiro atoms. The predicted molar refractivity (Wildman–Crippen MR) is 53.3 cm³/mol. The Balaban J connectivity index is 2.53. The summed E-state index contributed by atoms with van der Waals surface area (Å²) < 4.78 is 12.4. The lowest BCUT2D eigenvalue weighted by atomic mass is 10.2. The molecule has 1 rings (SSSR count). The summed E-state index contributed by atoms with van der Waals surface area (Å²) in [6.45, 7) is 1.50. The van der Waals surface area contributed by atoms with E-state index >= 15 is 0 Å². The fourth-order valence-electron chi connectivity index (χ4n) is 0.945. The van der Waals surface area contributed by atoms with E-state index in [0.29, 0.717) is 0 Å². The zero-order valence-corrected chi connectivity index (χ0v) is 8.61. The van der Waals surface area contributed by atoms with Crippen molar-refractivity contribution in [1.29, 1.82) is 0 Å². The highest BCUT2D eigenvalue weighted by atomic mass is 19.1. The van der Waals surface area contributed by atoms with E-state index in [0.717, 1.165) is 12.3 Å². The van der Waals surface area contributed by atoms with Gasteiger partial charge in [0.15, 0.2) is 0 Å². The third-order valence-corrected chi connectivity index (χ3v) is 1.98. The second-order valence-electron chi connectivity index (χ2n) is 3.32. The lowest BCUT2D eigenvalue weighted by Crippen LogP contribution is -2.31. The highest BCUT2D eigenvalue weighted by molar-refractivity contribution is 5.94. The van der Waals surface area contributed by atoms with E-state index in [4.69, 9.17) is 5.11 Å². The zero-order valence-electron chi connectivity index (χ0n) is 8.61. The number of aliphatic carboxylic acids is 1. The number of pyridine rings is 1. The molecule has 1 unspecified atom stereocenters. The molecule has 1 amide bonds. The molecular formula is C10H11FN2O3.